The van der Waals surface area contributed by atoms with Gasteiger partial charge in [-0.1, -0.05) is 39.0 Å². The van der Waals surface area contributed by atoms with Crippen molar-refractivity contribution in [3.05, 3.63) is 10.7 Å². The maximum Gasteiger partial charge on any atom is 0.206 e. The van der Waals surface area contributed by atoms with Gasteiger partial charge in [-0.25, -0.2) is 4.98 Å². The molecule has 2 aromatic heterocycles. The number of aryl methyl sites for hydroxylation is 1. The van der Waals surface area contributed by atoms with Crippen molar-refractivity contribution >= 4 is 27.8 Å². The molecule has 0 spiro atoms. The molecule has 110 valence electrons. The van der Waals surface area contributed by atoms with Gasteiger partial charge in [-0.3, -0.25) is 0 Å². The molecule has 0 amide bonds. The molecular formula is C14H22N4S2. The Labute approximate surface area is 128 Å². The molecule has 1 N–H and O–H groups in total. The summed E-state index contributed by atoms with van der Waals surface area (Å²) in [6, 6.07) is 0. The van der Waals surface area contributed by atoms with Crippen LogP contribution >= 0.6 is 22.7 Å². The minimum Gasteiger partial charge on any atom is -0.360 e. The summed E-state index contributed by atoms with van der Waals surface area (Å²) in [6.07, 6.45) is 2.15. The molecule has 0 aliphatic rings. The Morgan fingerprint density at radius 1 is 1.10 bits per heavy atom. The number of thiazole rings is 1. The second-order valence-corrected chi connectivity index (χ2v) is 7.79. The summed E-state index contributed by atoms with van der Waals surface area (Å²) >= 11 is 3.37. The van der Waals surface area contributed by atoms with Crippen LogP contribution < -0.4 is 5.32 Å². The van der Waals surface area contributed by atoms with Crippen LogP contribution in [0.15, 0.2) is 0 Å². The van der Waals surface area contributed by atoms with Crippen LogP contribution in [0.5, 0.6) is 0 Å². The second-order valence-electron chi connectivity index (χ2n) is 5.73. The smallest absolute Gasteiger partial charge is 0.206 e. The number of hydrogen-bond donors (Lipinski definition) is 1. The first-order valence-corrected chi connectivity index (χ1v) is 8.67. The number of nitrogens with zero attached hydrogens (tertiary/aromatic N) is 3. The third-order valence-corrected chi connectivity index (χ3v) is 4.94. The first-order chi connectivity index (χ1) is 9.45. The van der Waals surface area contributed by atoms with Gasteiger partial charge >= 0.3 is 0 Å². The van der Waals surface area contributed by atoms with Crippen molar-refractivity contribution in [2.75, 3.05) is 11.9 Å². The maximum atomic E-state index is 4.84. The Bertz CT molecular complexity index is 566. The van der Waals surface area contributed by atoms with Gasteiger partial charge in [0.2, 0.25) is 5.13 Å². The van der Waals surface area contributed by atoms with Crippen LogP contribution in [0, 0.1) is 0 Å². The summed E-state index contributed by atoms with van der Waals surface area (Å²) < 4.78 is 0. The molecule has 0 saturated heterocycles. The molecule has 0 atom stereocenters. The van der Waals surface area contributed by atoms with Gasteiger partial charge in [-0.15, -0.1) is 21.5 Å². The van der Waals surface area contributed by atoms with Gasteiger partial charge < -0.3 is 5.32 Å². The summed E-state index contributed by atoms with van der Waals surface area (Å²) in [5, 5.41) is 14.8. The van der Waals surface area contributed by atoms with Crippen LogP contribution in [0.3, 0.4) is 0 Å². The predicted molar refractivity (Wildman–Crippen MR) is 87.9 cm³/mol. The van der Waals surface area contributed by atoms with Gasteiger partial charge in [-0.2, -0.15) is 0 Å². The van der Waals surface area contributed by atoms with Crippen LogP contribution in [0.1, 0.15) is 51.7 Å². The molecule has 2 aromatic rings. The topological polar surface area (TPSA) is 50.7 Å². The zero-order valence-corrected chi connectivity index (χ0v) is 14.4. The van der Waals surface area contributed by atoms with E-state index in [1.165, 1.54) is 9.88 Å². The van der Waals surface area contributed by atoms with Crippen LogP contribution in [0.2, 0.25) is 0 Å². The van der Waals surface area contributed by atoms with Crippen molar-refractivity contribution < 1.29 is 0 Å². The van der Waals surface area contributed by atoms with Gasteiger partial charge in [0.15, 0.2) is 5.01 Å². The summed E-state index contributed by atoms with van der Waals surface area (Å²) in [5.41, 5.74) is 1.17. The summed E-state index contributed by atoms with van der Waals surface area (Å²) in [6.45, 7) is 11.7. The van der Waals surface area contributed by atoms with E-state index in [1.54, 1.807) is 22.7 Å². The standard InChI is InChI=1S/C14H22N4S2/c1-6-8-9-16-11(14(3,4)5)10(19-9)12-17-18-13(20-12)15-7-2/h6-8H2,1-5H3,(H,15,18). The number of anilines is 1. The molecule has 0 aromatic carbocycles. The highest BCUT2D eigenvalue weighted by atomic mass is 32.1. The van der Waals surface area contributed by atoms with E-state index < -0.39 is 0 Å². The predicted octanol–water partition coefficient (Wildman–Crippen LogP) is 4.34. The molecule has 2 rings (SSSR count). The Morgan fingerprint density at radius 2 is 1.85 bits per heavy atom. The van der Waals surface area contributed by atoms with Gasteiger partial charge in [0.25, 0.3) is 0 Å². The number of nitrogens with one attached hydrogen (secondary N) is 1. The minimum atomic E-state index is 0.0296. The molecule has 0 aliphatic heterocycles. The first-order valence-electron chi connectivity index (χ1n) is 7.03. The minimum absolute atomic E-state index is 0.0296. The first kappa shape index (κ1) is 15.4. The van der Waals surface area contributed by atoms with E-state index in [9.17, 15) is 0 Å². The molecule has 2 heterocycles. The van der Waals surface area contributed by atoms with Gasteiger partial charge in [-0.05, 0) is 19.8 Å². The molecule has 0 aliphatic carbocycles. The Hall–Kier alpha value is -1.01. The number of aromatic nitrogens is 3. The van der Waals surface area contributed by atoms with E-state index in [0.717, 1.165) is 35.2 Å². The Kier molecular flexibility index (Phi) is 4.75. The Morgan fingerprint density at radius 3 is 2.45 bits per heavy atom. The zero-order chi connectivity index (χ0) is 14.8. The molecule has 0 bridgehead atoms. The van der Waals surface area contributed by atoms with E-state index in [2.05, 4.69) is 50.1 Å². The average Bonchev–Trinajstić information content (AvgIpc) is 2.95. The van der Waals surface area contributed by atoms with E-state index in [0.29, 0.717) is 0 Å². The van der Waals surface area contributed by atoms with Crippen molar-refractivity contribution in [2.45, 2.75) is 52.9 Å². The van der Waals surface area contributed by atoms with Crippen molar-refractivity contribution in [1.29, 1.82) is 0 Å². The van der Waals surface area contributed by atoms with Crippen LogP contribution in [0.4, 0.5) is 5.13 Å². The molecule has 6 heteroatoms. The lowest BCUT2D eigenvalue weighted by molar-refractivity contribution is 0.572. The summed E-state index contributed by atoms with van der Waals surface area (Å²) in [5.74, 6) is 0. The fraction of sp³-hybridized carbons (Fsp3) is 0.643. The largest absolute Gasteiger partial charge is 0.360 e. The van der Waals surface area contributed by atoms with Crippen molar-refractivity contribution in [1.82, 2.24) is 15.2 Å². The normalized spacial score (nSPS) is 11.8. The third kappa shape index (κ3) is 3.35. The van der Waals surface area contributed by atoms with E-state index >= 15 is 0 Å². The van der Waals surface area contributed by atoms with E-state index in [-0.39, 0.29) is 5.41 Å². The molecule has 0 fully saturated rings. The highest BCUT2D eigenvalue weighted by Crippen LogP contribution is 2.39. The highest BCUT2D eigenvalue weighted by Gasteiger charge is 2.25. The number of hydrogen-bond acceptors (Lipinski definition) is 6. The molecule has 4 nitrogen and oxygen atoms in total. The SMILES string of the molecule is CCCc1nc(C(C)(C)C)c(-c2nnc(NCC)s2)s1. The molecular weight excluding hydrogens is 288 g/mol. The molecule has 0 unspecified atom stereocenters. The Balaban J connectivity index is 2.42. The van der Waals surface area contributed by atoms with Gasteiger partial charge in [0.05, 0.1) is 15.6 Å². The van der Waals surface area contributed by atoms with Crippen molar-refractivity contribution in [3.8, 4) is 9.88 Å². The molecule has 0 radical (unpaired) electrons. The fourth-order valence-corrected chi connectivity index (χ4v) is 4.13. The van der Waals surface area contributed by atoms with Crippen molar-refractivity contribution in [3.63, 3.8) is 0 Å². The van der Waals surface area contributed by atoms with E-state index in [4.69, 9.17) is 4.98 Å². The highest BCUT2D eigenvalue weighted by molar-refractivity contribution is 7.23. The zero-order valence-electron chi connectivity index (χ0n) is 12.8. The fourth-order valence-electron chi connectivity index (χ4n) is 1.88. The quantitative estimate of drug-likeness (QED) is 0.892. The maximum absolute atomic E-state index is 4.84. The lowest BCUT2D eigenvalue weighted by Crippen LogP contribution is -2.13. The average molecular weight is 310 g/mol. The van der Waals surface area contributed by atoms with Crippen LogP contribution in [-0.2, 0) is 11.8 Å². The van der Waals surface area contributed by atoms with Crippen LogP contribution in [-0.4, -0.2) is 21.7 Å². The number of rotatable bonds is 5. The second kappa shape index (κ2) is 6.18. The molecule has 0 saturated carbocycles. The van der Waals surface area contributed by atoms with Crippen LogP contribution in [0.25, 0.3) is 9.88 Å². The lowest BCUT2D eigenvalue weighted by Gasteiger charge is -2.16. The third-order valence-electron chi connectivity index (χ3n) is 2.79. The summed E-state index contributed by atoms with van der Waals surface area (Å²) in [7, 11) is 0. The summed E-state index contributed by atoms with van der Waals surface area (Å²) in [4.78, 5) is 6.02. The van der Waals surface area contributed by atoms with Gasteiger partial charge in [0, 0.05) is 12.0 Å². The van der Waals surface area contributed by atoms with E-state index in [1.807, 2.05) is 0 Å². The van der Waals surface area contributed by atoms with Crippen molar-refractivity contribution in [2.24, 2.45) is 0 Å². The van der Waals surface area contributed by atoms with Gasteiger partial charge in [0.1, 0.15) is 0 Å². The monoisotopic (exact) mass is 310 g/mol. The lowest BCUT2D eigenvalue weighted by atomic mass is 9.91. The molecule has 20 heavy (non-hydrogen) atoms.